The molecule has 1 aromatic heterocycles. The first kappa shape index (κ1) is 13.1. The van der Waals surface area contributed by atoms with Gasteiger partial charge in [-0.2, -0.15) is 4.37 Å². The van der Waals surface area contributed by atoms with Crippen LogP contribution in [0.2, 0.25) is 10.0 Å². The molecule has 0 unspecified atom stereocenters. The second-order valence-electron chi connectivity index (χ2n) is 3.15. The number of nitrogens with zero attached hydrogens (tertiary/aromatic N) is 2. The lowest BCUT2D eigenvalue weighted by atomic mass is 10.1. The smallest absolute Gasteiger partial charge is 0.388 e. The lowest BCUT2D eigenvalue weighted by Gasteiger charge is -2.05. The van der Waals surface area contributed by atoms with Crippen LogP contribution >= 0.6 is 34.9 Å². The first-order valence-corrected chi connectivity index (χ1v) is 6.28. The Morgan fingerprint density at radius 2 is 2.00 bits per heavy atom. The van der Waals surface area contributed by atoms with Crippen LogP contribution in [0, 0.1) is 0 Å². The number of hydrogen-bond acceptors (Lipinski definition) is 5. The molecule has 0 aliphatic rings. The van der Waals surface area contributed by atoms with Gasteiger partial charge in [0.05, 0.1) is 21.8 Å². The van der Waals surface area contributed by atoms with Gasteiger partial charge >= 0.3 is 6.09 Å². The van der Waals surface area contributed by atoms with Gasteiger partial charge in [-0.15, -0.1) is 4.37 Å². The van der Waals surface area contributed by atoms with Crippen LogP contribution < -0.4 is 10.1 Å². The Balaban J connectivity index is 2.46. The molecule has 0 saturated heterocycles. The molecule has 0 saturated carbocycles. The van der Waals surface area contributed by atoms with Crippen LogP contribution in [-0.4, -0.2) is 21.9 Å². The van der Waals surface area contributed by atoms with Crippen LogP contribution in [0.3, 0.4) is 0 Å². The third kappa shape index (κ3) is 2.55. The number of rotatable bonds is 2. The molecule has 1 aromatic carbocycles. The van der Waals surface area contributed by atoms with Crippen molar-refractivity contribution < 1.29 is 9.53 Å². The molecular formula is C10H7Cl2N3O2S. The first-order chi connectivity index (χ1) is 8.63. The molecule has 0 radical (unpaired) electrons. The largest absolute Gasteiger partial charge is 0.413 e. The zero-order valence-electron chi connectivity index (χ0n) is 9.11. The van der Waals surface area contributed by atoms with Crippen molar-refractivity contribution in [3.8, 4) is 17.1 Å². The summed E-state index contributed by atoms with van der Waals surface area (Å²) >= 11 is 13.0. The molecule has 0 atom stereocenters. The highest BCUT2D eigenvalue weighted by Crippen LogP contribution is 2.38. The maximum atomic E-state index is 11.2. The molecule has 8 heteroatoms. The van der Waals surface area contributed by atoms with Crippen molar-refractivity contribution in [2.24, 2.45) is 0 Å². The van der Waals surface area contributed by atoms with Crippen molar-refractivity contribution in [1.82, 2.24) is 14.1 Å². The number of halogens is 2. The summed E-state index contributed by atoms with van der Waals surface area (Å²) in [6.45, 7) is 0. The minimum Gasteiger partial charge on any atom is -0.388 e. The number of ether oxygens (including phenoxy) is 1. The molecule has 2 aromatic rings. The van der Waals surface area contributed by atoms with Crippen molar-refractivity contribution >= 4 is 41.0 Å². The van der Waals surface area contributed by atoms with Crippen LogP contribution in [0.15, 0.2) is 18.2 Å². The van der Waals surface area contributed by atoms with Gasteiger partial charge in [0.2, 0.25) is 0 Å². The average Bonchev–Trinajstić information content (AvgIpc) is 2.77. The van der Waals surface area contributed by atoms with E-state index in [-0.39, 0.29) is 5.88 Å². The average molecular weight is 304 g/mol. The SMILES string of the molecule is CNC(=O)Oc1nsnc1-c1c(Cl)cccc1Cl. The Bertz CT molecular complexity index is 568. The fourth-order valence-electron chi connectivity index (χ4n) is 1.26. The summed E-state index contributed by atoms with van der Waals surface area (Å²) in [5.41, 5.74) is 0.840. The summed E-state index contributed by atoms with van der Waals surface area (Å²) in [5, 5.41) is 3.15. The third-order valence-corrected chi connectivity index (χ3v) is 3.19. The molecule has 0 bridgehead atoms. The lowest BCUT2D eigenvalue weighted by Crippen LogP contribution is -2.22. The van der Waals surface area contributed by atoms with Gasteiger partial charge in [0.25, 0.3) is 5.88 Å². The van der Waals surface area contributed by atoms with Crippen LogP contribution in [0.5, 0.6) is 5.88 Å². The predicted octanol–water partition coefficient (Wildman–Crippen LogP) is 3.23. The number of carbonyl (C=O) groups excluding carboxylic acids is 1. The van der Waals surface area contributed by atoms with Crippen LogP contribution in [0.4, 0.5) is 4.79 Å². The number of aromatic nitrogens is 2. The molecular weight excluding hydrogens is 297 g/mol. The Morgan fingerprint density at radius 1 is 1.33 bits per heavy atom. The summed E-state index contributed by atoms with van der Waals surface area (Å²) < 4.78 is 12.9. The normalized spacial score (nSPS) is 10.2. The maximum absolute atomic E-state index is 11.2. The van der Waals surface area contributed by atoms with Gasteiger partial charge in [-0.3, -0.25) is 0 Å². The van der Waals surface area contributed by atoms with E-state index in [2.05, 4.69) is 14.1 Å². The van der Waals surface area contributed by atoms with E-state index in [9.17, 15) is 4.79 Å². The standard InChI is InChI=1S/C10H7Cl2N3O2S/c1-13-10(16)17-9-8(14-18-15-9)7-5(11)3-2-4-6(7)12/h2-4H,1H3,(H,13,16). The number of benzene rings is 1. The van der Waals surface area contributed by atoms with Crippen molar-refractivity contribution in [2.75, 3.05) is 7.05 Å². The van der Waals surface area contributed by atoms with Gasteiger partial charge < -0.3 is 10.1 Å². The molecule has 0 spiro atoms. The van der Waals surface area contributed by atoms with E-state index in [1.807, 2.05) is 0 Å². The molecule has 0 fully saturated rings. The van der Waals surface area contributed by atoms with E-state index in [1.165, 1.54) is 7.05 Å². The zero-order valence-corrected chi connectivity index (χ0v) is 11.4. The molecule has 18 heavy (non-hydrogen) atoms. The summed E-state index contributed by atoms with van der Waals surface area (Å²) in [6, 6.07) is 5.06. The highest BCUT2D eigenvalue weighted by molar-refractivity contribution is 6.99. The molecule has 5 nitrogen and oxygen atoms in total. The van der Waals surface area contributed by atoms with Crippen LogP contribution in [0.25, 0.3) is 11.3 Å². The van der Waals surface area contributed by atoms with Gasteiger partial charge in [-0.05, 0) is 12.1 Å². The molecule has 94 valence electrons. The van der Waals surface area contributed by atoms with Crippen molar-refractivity contribution in [1.29, 1.82) is 0 Å². The maximum Gasteiger partial charge on any atom is 0.413 e. The van der Waals surface area contributed by atoms with E-state index < -0.39 is 6.09 Å². The monoisotopic (exact) mass is 303 g/mol. The van der Waals surface area contributed by atoms with E-state index in [4.69, 9.17) is 27.9 Å². The Hall–Kier alpha value is -1.37. The van der Waals surface area contributed by atoms with E-state index in [1.54, 1.807) is 18.2 Å². The van der Waals surface area contributed by atoms with E-state index in [0.29, 0.717) is 21.3 Å². The minimum absolute atomic E-state index is 0.0781. The number of nitrogens with one attached hydrogen (secondary N) is 1. The van der Waals surface area contributed by atoms with E-state index >= 15 is 0 Å². The second-order valence-corrected chi connectivity index (χ2v) is 4.50. The summed E-state index contributed by atoms with van der Waals surface area (Å²) in [4.78, 5) is 11.2. The van der Waals surface area contributed by atoms with E-state index in [0.717, 1.165) is 11.7 Å². The molecule has 1 amide bonds. The molecule has 1 N–H and O–H groups in total. The quantitative estimate of drug-likeness (QED) is 0.925. The molecule has 0 aliphatic heterocycles. The number of hydrogen-bond donors (Lipinski definition) is 1. The Kier molecular flexibility index (Phi) is 4.00. The van der Waals surface area contributed by atoms with Gasteiger partial charge in [-0.25, -0.2) is 4.79 Å². The van der Waals surface area contributed by atoms with Crippen LogP contribution in [-0.2, 0) is 0 Å². The van der Waals surface area contributed by atoms with Gasteiger partial charge in [0.1, 0.15) is 0 Å². The van der Waals surface area contributed by atoms with Crippen molar-refractivity contribution in [3.05, 3.63) is 28.2 Å². The van der Waals surface area contributed by atoms with Gasteiger partial charge in [-0.1, -0.05) is 29.3 Å². The fraction of sp³-hybridized carbons (Fsp3) is 0.100. The Morgan fingerprint density at radius 3 is 2.61 bits per heavy atom. The van der Waals surface area contributed by atoms with Gasteiger partial charge in [0.15, 0.2) is 5.69 Å². The lowest BCUT2D eigenvalue weighted by molar-refractivity contribution is 0.201. The molecule has 1 heterocycles. The Labute approximate surface area is 117 Å². The summed E-state index contributed by atoms with van der Waals surface area (Å²) in [7, 11) is 1.45. The van der Waals surface area contributed by atoms with Gasteiger partial charge in [0, 0.05) is 12.6 Å². The number of amides is 1. The third-order valence-electron chi connectivity index (χ3n) is 2.05. The fourth-order valence-corrected chi connectivity index (χ4v) is 2.33. The minimum atomic E-state index is -0.632. The van der Waals surface area contributed by atoms with Crippen LogP contribution in [0.1, 0.15) is 0 Å². The summed E-state index contributed by atoms with van der Waals surface area (Å²) in [5.74, 6) is 0.0781. The second kappa shape index (κ2) is 5.51. The van der Waals surface area contributed by atoms with Crippen molar-refractivity contribution in [3.63, 3.8) is 0 Å². The first-order valence-electron chi connectivity index (χ1n) is 4.80. The predicted molar refractivity (Wildman–Crippen MR) is 70.4 cm³/mol. The number of carbonyl (C=O) groups is 1. The summed E-state index contributed by atoms with van der Waals surface area (Å²) in [6.07, 6.45) is -0.632. The molecule has 0 aliphatic carbocycles. The molecule has 2 rings (SSSR count). The highest BCUT2D eigenvalue weighted by atomic mass is 35.5. The van der Waals surface area contributed by atoms with Crippen molar-refractivity contribution in [2.45, 2.75) is 0 Å². The zero-order chi connectivity index (χ0) is 13.1. The topological polar surface area (TPSA) is 64.1 Å². The highest BCUT2D eigenvalue weighted by Gasteiger charge is 2.19.